The zero-order valence-electron chi connectivity index (χ0n) is 6.09. The summed E-state index contributed by atoms with van der Waals surface area (Å²) < 4.78 is 5.19. The molecular formula is C7H11NOS. The minimum absolute atomic E-state index is 0.156. The van der Waals surface area contributed by atoms with Crippen molar-refractivity contribution < 1.29 is 4.74 Å². The second-order valence-electron chi connectivity index (χ2n) is 2.66. The van der Waals surface area contributed by atoms with E-state index < -0.39 is 0 Å². The molecule has 56 valence electrons. The van der Waals surface area contributed by atoms with Crippen molar-refractivity contribution >= 4 is 11.8 Å². The first-order valence-corrected chi connectivity index (χ1v) is 4.21. The van der Waals surface area contributed by atoms with Crippen molar-refractivity contribution in [2.24, 2.45) is 0 Å². The van der Waals surface area contributed by atoms with Crippen molar-refractivity contribution in [1.82, 2.24) is 0 Å². The summed E-state index contributed by atoms with van der Waals surface area (Å²) >= 11 is 1.37. The molecule has 10 heavy (non-hydrogen) atoms. The van der Waals surface area contributed by atoms with Crippen molar-refractivity contribution in [1.29, 1.82) is 5.26 Å². The second-order valence-corrected chi connectivity index (χ2v) is 3.92. The standard InChI is InChI=1S/C7H11NOS/c1-9-5-7(10-6-8)3-2-4-7/h2-5H2,1H3. The minimum Gasteiger partial charge on any atom is -0.383 e. The Kier molecular flexibility index (Phi) is 2.58. The first-order valence-electron chi connectivity index (χ1n) is 3.39. The fraction of sp³-hybridized carbons (Fsp3) is 0.857. The number of nitrogens with zero attached hydrogens (tertiary/aromatic N) is 1. The Balaban J connectivity index is 2.36. The monoisotopic (exact) mass is 157 g/mol. The first-order chi connectivity index (χ1) is 4.83. The van der Waals surface area contributed by atoms with Gasteiger partial charge in [0, 0.05) is 7.11 Å². The van der Waals surface area contributed by atoms with Crippen LogP contribution in [0.3, 0.4) is 0 Å². The Morgan fingerprint density at radius 3 is 2.70 bits per heavy atom. The molecule has 1 rings (SSSR count). The molecule has 1 fully saturated rings. The Bertz CT molecular complexity index is 148. The van der Waals surface area contributed by atoms with Gasteiger partial charge in [-0.2, -0.15) is 5.26 Å². The average Bonchev–Trinajstić information content (AvgIpc) is 1.84. The normalized spacial score (nSPS) is 21.2. The number of rotatable bonds is 3. The van der Waals surface area contributed by atoms with Crippen LogP contribution >= 0.6 is 11.8 Å². The maximum Gasteiger partial charge on any atom is 0.134 e. The summed E-state index contributed by atoms with van der Waals surface area (Å²) in [5.41, 5.74) is 0. The number of thioether (sulfide) groups is 1. The van der Waals surface area contributed by atoms with Gasteiger partial charge in [-0.05, 0) is 24.6 Å². The third kappa shape index (κ3) is 1.44. The molecule has 0 unspecified atom stereocenters. The molecule has 0 aromatic carbocycles. The van der Waals surface area contributed by atoms with E-state index in [1.165, 1.54) is 18.2 Å². The zero-order valence-corrected chi connectivity index (χ0v) is 6.91. The van der Waals surface area contributed by atoms with E-state index in [0.717, 1.165) is 19.4 Å². The van der Waals surface area contributed by atoms with Crippen molar-refractivity contribution in [3.05, 3.63) is 0 Å². The molecule has 0 bridgehead atoms. The number of nitriles is 1. The summed E-state index contributed by atoms with van der Waals surface area (Å²) in [5, 5.41) is 10.6. The van der Waals surface area contributed by atoms with Crippen molar-refractivity contribution in [3.8, 4) is 5.40 Å². The highest BCUT2D eigenvalue weighted by atomic mass is 32.2. The second kappa shape index (κ2) is 3.27. The van der Waals surface area contributed by atoms with Gasteiger partial charge in [-0.15, -0.1) is 0 Å². The molecule has 0 N–H and O–H groups in total. The fourth-order valence-corrected chi connectivity index (χ4v) is 2.07. The lowest BCUT2D eigenvalue weighted by Gasteiger charge is -2.37. The molecular weight excluding hydrogens is 146 g/mol. The van der Waals surface area contributed by atoms with Gasteiger partial charge in [0.15, 0.2) is 0 Å². The molecule has 2 nitrogen and oxygen atoms in total. The molecule has 0 heterocycles. The van der Waals surface area contributed by atoms with E-state index in [9.17, 15) is 0 Å². The number of hydrogen-bond acceptors (Lipinski definition) is 3. The Morgan fingerprint density at radius 2 is 2.40 bits per heavy atom. The quantitative estimate of drug-likeness (QED) is 0.585. The third-order valence-electron chi connectivity index (χ3n) is 1.93. The van der Waals surface area contributed by atoms with Crippen LogP contribution in [-0.2, 0) is 4.74 Å². The van der Waals surface area contributed by atoms with E-state index in [-0.39, 0.29) is 4.75 Å². The van der Waals surface area contributed by atoms with Crippen LogP contribution in [-0.4, -0.2) is 18.5 Å². The van der Waals surface area contributed by atoms with Gasteiger partial charge in [-0.25, -0.2) is 0 Å². The topological polar surface area (TPSA) is 33.0 Å². The number of hydrogen-bond donors (Lipinski definition) is 0. The summed E-state index contributed by atoms with van der Waals surface area (Å²) in [6, 6.07) is 0. The highest BCUT2D eigenvalue weighted by Crippen LogP contribution is 2.43. The molecule has 1 saturated carbocycles. The molecule has 0 amide bonds. The summed E-state index contributed by atoms with van der Waals surface area (Å²) in [6.45, 7) is 0.727. The maximum absolute atomic E-state index is 8.45. The van der Waals surface area contributed by atoms with Crippen LogP contribution in [0, 0.1) is 10.7 Å². The molecule has 0 aromatic heterocycles. The highest BCUT2D eigenvalue weighted by Gasteiger charge is 2.37. The van der Waals surface area contributed by atoms with Gasteiger partial charge in [-0.1, -0.05) is 6.42 Å². The zero-order chi connectivity index (χ0) is 7.45. The van der Waals surface area contributed by atoms with Gasteiger partial charge in [-0.3, -0.25) is 0 Å². The molecule has 0 spiro atoms. The SMILES string of the molecule is COCC1(SC#N)CCC1. The summed E-state index contributed by atoms with van der Waals surface area (Å²) in [4.78, 5) is 0. The van der Waals surface area contributed by atoms with Gasteiger partial charge in [0.25, 0.3) is 0 Å². The number of thiocyanates is 1. The molecule has 0 aromatic rings. The minimum atomic E-state index is 0.156. The third-order valence-corrected chi connectivity index (χ3v) is 2.98. The predicted octanol–water partition coefficient (Wildman–Crippen LogP) is 1.77. The van der Waals surface area contributed by atoms with E-state index in [1.807, 2.05) is 0 Å². The van der Waals surface area contributed by atoms with Crippen LogP contribution < -0.4 is 0 Å². The van der Waals surface area contributed by atoms with Crippen molar-refractivity contribution in [3.63, 3.8) is 0 Å². The van der Waals surface area contributed by atoms with E-state index in [0.29, 0.717) is 0 Å². The van der Waals surface area contributed by atoms with E-state index in [1.54, 1.807) is 7.11 Å². The molecule has 1 aliphatic rings. The Hall–Kier alpha value is -0.200. The molecule has 3 heteroatoms. The van der Waals surface area contributed by atoms with Gasteiger partial charge in [0.05, 0.1) is 11.4 Å². The van der Waals surface area contributed by atoms with Gasteiger partial charge < -0.3 is 4.74 Å². The largest absolute Gasteiger partial charge is 0.383 e. The maximum atomic E-state index is 8.45. The average molecular weight is 157 g/mol. The molecule has 0 aliphatic heterocycles. The summed E-state index contributed by atoms with van der Waals surface area (Å²) in [7, 11) is 1.69. The van der Waals surface area contributed by atoms with Crippen molar-refractivity contribution in [2.45, 2.75) is 24.0 Å². The van der Waals surface area contributed by atoms with E-state index in [4.69, 9.17) is 10.00 Å². The van der Waals surface area contributed by atoms with Crippen molar-refractivity contribution in [2.75, 3.05) is 13.7 Å². The predicted molar refractivity (Wildman–Crippen MR) is 41.7 cm³/mol. The lowest BCUT2D eigenvalue weighted by molar-refractivity contribution is 0.133. The Morgan fingerprint density at radius 1 is 1.70 bits per heavy atom. The van der Waals surface area contributed by atoms with E-state index in [2.05, 4.69) is 5.40 Å². The van der Waals surface area contributed by atoms with E-state index >= 15 is 0 Å². The van der Waals surface area contributed by atoms with Crippen LogP contribution in [0.5, 0.6) is 0 Å². The summed E-state index contributed by atoms with van der Waals surface area (Å²) in [6.07, 6.45) is 3.52. The van der Waals surface area contributed by atoms with Gasteiger partial charge in [0.2, 0.25) is 0 Å². The van der Waals surface area contributed by atoms with Crippen LogP contribution in [0.4, 0.5) is 0 Å². The lowest BCUT2D eigenvalue weighted by atomic mass is 9.85. The fourth-order valence-electron chi connectivity index (χ4n) is 1.21. The molecule has 0 atom stereocenters. The first kappa shape index (κ1) is 7.90. The lowest BCUT2D eigenvalue weighted by Crippen LogP contribution is -2.37. The van der Waals surface area contributed by atoms with Gasteiger partial charge >= 0.3 is 0 Å². The Labute approximate surface area is 65.6 Å². The van der Waals surface area contributed by atoms with Crippen LogP contribution in [0.2, 0.25) is 0 Å². The van der Waals surface area contributed by atoms with Crippen LogP contribution in [0.1, 0.15) is 19.3 Å². The van der Waals surface area contributed by atoms with Crippen LogP contribution in [0.15, 0.2) is 0 Å². The smallest absolute Gasteiger partial charge is 0.134 e. The van der Waals surface area contributed by atoms with Crippen LogP contribution in [0.25, 0.3) is 0 Å². The highest BCUT2D eigenvalue weighted by molar-refractivity contribution is 8.05. The van der Waals surface area contributed by atoms with Gasteiger partial charge in [0.1, 0.15) is 5.40 Å². The molecule has 0 radical (unpaired) electrons. The number of ether oxygens (including phenoxy) is 1. The summed E-state index contributed by atoms with van der Waals surface area (Å²) in [5.74, 6) is 0. The molecule has 1 aliphatic carbocycles. The number of methoxy groups -OCH3 is 1. The molecule has 0 saturated heterocycles.